The van der Waals surface area contributed by atoms with E-state index in [-0.39, 0.29) is 17.9 Å². The number of carbonyl (C=O) groups excluding carboxylic acids is 2. The number of anilines is 2. The number of nitrogens with zero attached hydrogens (tertiary/aromatic N) is 3. The summed E-state index contributed by atoms with van der Waals surface area (Å²) in [5.41, 5.74) is 3.16. The minimum atomic E-state index is -0.144. The Morgan fingerprint density at radius 2 is 1.89 bits per heavy atom. The zero-order valence-corrected chi connectivity index (χ0v) is 21.5. The molecule has 0 bridgehead atoms. The summed E-state index contributed by atoms with van der Waals surface area (Å²) < 4.78 is 11.3. The van der Waals surface area contributed by atoms with Gasteiger partial charge in [0, 0.05) is 68.0 Å². The molecule has 2 aromatic carbocycles. The highest BCUT2D eigenvalue weighted by molar-refractivity contribution is 5.95. The van der Waals surface area contributed by atoms with Gasteiger partial charge in [-0.25, -0.2) is 4.98 Å². The van der Waals surface area contributed by atoms with Crippen LogP contribution in [0.15, 0.2) is 48.5 Å². The average molecular weight is 503 g/mol. The SMILES string of the molecule is COc1ccc2cc(CN(CC3CCCO3)C(=O)c3ccc(NC(C)=O)cc3)c(N3CCCC3)nc2c1. The Kier molecular flexibility index (Phi) is 7.55. The van der Waals surface area contributed by atoms with Crippen LogP contribution in [-0.4, -0.2) is 61.2 Å². The van der Waals surface area contributed by atoms with Gasteiger partial charge in [0.05, 0.1) is 18.7 Å². The topological polar surface area (TPSA) is 84.0 Å². The van der Waals surface area contributed by atoms with Crippen LogP contribution in [0.1, 0.15) is 48.5 Å². The predicted molar refractivity (Wildman–Crippen MR) is 144 cm³/mol. The molecule has 37 heavy (non-hydrogen) atoms. The maximum absolute atomic E-state index is 13.8. The first-order valence-electron chi connectivity index (χ1n) is 13.0. The molecule has 3 aromatic rings. The highest BCUT2D eigenvalue weighted by Gasteiger charge is 2.26. The van der Waals surface area contributed by atoms with Crippen molar-refractivity contribution < 1.29 is 19.1 Å². The number of fused-ring (bicyclic) bond motifs is 1. The number of methoxy groups -OCH3 is 1. The van der Waals surface area contributed by atoms with E-state index in [0.717, 1.165) is 73.4 Å². The molecule has 2 fully saturated rings. The van der Waals surface area contributed by atoms with E-state index in [1.807, 2.05) is 23.1 Å². The van der Waals surface area contributed by atoms with Gasteiger partial charge in [0.2, 0.25) is 5.91 Å². The largest absolute Gasteiger partial charge is 0.497 e. The van der Waals surface area contributed by atoms with Gasteiger partial charge in [0.15, 0.2) is 0 Å². The highest BCUT2D eigenvalue weighted by atomic mass is 16.5. The molecule has 1 unspecified atom stereocenters. The van der Waals surface area contributed by atoms with Gasteiger partial charge in [-0.1, -0.05) is 0 Å². The van der Waals surface area contributed by atoms with Gasteiger partial charge < -0.3 is 24.6 Å². The van der Waals surface area contributed by atoms with Crippen LogP contribution in [0.4, 0.5) is 11.5 Å². The van der Waals surface area contributed by atoms with E-state index >= 15 is 0 Å². The first-order valence-corrected chi connectivity index (χ1v) is 13.0. The third-order valence-electron chi connectivity index (χ3n) is 7.04. The Balaban J connectivity index is 1.48. The van der Waals surface area contributed by atoms with Crippen molar-refractivity contribution in [1.29, 1.82) is 0 Å². The van der Waals surface area contributed by atoms with Gasteiger partial charge in [-0.3, -0.25) is 9.59 Å². The molecule has 1 N–H and O–H groups in total. The van der Waals surface area contributed by atoms with Crippen LogP contribution in [0.2, 0.25) is 0 Å². The molecule has 1 aromatic heterocycles. The number of benzene rings is 2. The van der Waals surface area contributed by atoms with E-state index in [9.17, 15) is 9.59 Å². The summed E-state index contributed by atoms with van der Waals surface area (Å²) in [6.07, 6.45) is 4.25. The summed E-state index contributed by atoms with van der Waals surface area (Å²) in [4.78, 5) is 34.4. The molecule has 3 heterocycles. The fourth-order valence-electron chi connectivity index (χ4n) is 5.17. The van der Waals surface area contributed by atoms with Crippen molar-refractivity contribution in [3.63, 3.8) is 0 Å². The van der Waals surface area contributed by atoms with E-state index < -0.39 is 0 Å². The standard InChI is InChI=1S/C29H34N4O4/c1-20(34)30-24-10-7-21(8-11-24)29(35)33(19-26-6-5-15-37-26)18-23-16-22-9-12-25(36-2)17-27(22)31-28(23)32-13-3-4-14-32/h7-12,16-17,26H,3-6,13-15,18-19H2,1-2H3,(H,30,34). The minimum Gasteiger partial charge on any atom is -0.497 e. The highest BCUT2D eigenvalue weighted by Crippen LogP contribution is 2.30. The lowest BCUT2D eigenvalue weighted by Gasteiger charge is -2.28. The molecule has 2 aliphatic rings. The molecule has 0 saturated carbocycles. The van der Waals surface area contributed by atoms with Gasteiger partial charge >= 0.3 is 0 Å². The normalized spacial score (nSPS) is 17.2. The molecule has 8 heteroatoms. The lowest BCUT2D eigenvalue weighted by molar-refractivity contribution is -0.114. The fraction of sp³-hybridized carbons (Fsp3) is 0.414. The molecule has 8 nitrogen and oxygen atoms in total. The second kappa shape index (κ2) is 11.2. The fourth-order valence-corrected chi connectivity index (χ4v) is 5.17. The maximum Gasteiger partial charge on any atom is 0.254 e. The van der Waals surface area contributed by atoms with Crippen LogP contribution in [0.3, 0.4) is 0 Å². The molecule has 1 atom stereocenters. The number of hydrogen-bond donors (Lipinski definition) is 1. The van der Waals surface area contributed by atoms with E-state index in [1.54, 1.807) is 31.4 Å². The number of pyridine rings is 1. The summed E-state index contributed by atoms with van der Waals surface area (Å²) in [7, 11) is 1.66. The molecule has 2 saturated heterocycles. The Morgan fingerprint density at radius 3 is 2.57 bits per heavy atom. The Hall–Kier alpha value is -3.65. The van der Waals surface area contributed by atoms with Crippen molar-refractivity contribution in [2.24, 2.45) is 0 Å². The van der Waals surface area contributed by atoms with Crippen molar-refractivity contribution in [1.82, 2.24) is 9.88 Å². The van der Waals surface area contributed by atoms with Crippen molar-refractivity contribution in [3.8, 4) is 5.75 Å². The first kappa shape index (κ1) is 25.0. The Labute approximate surface area is 217 Å². The molecule has 5 rings (SSSR count). The molecule has 0 radical (unpaired) electrons. The lowest BCUT2D eigenvalue weighted by atomic mass is 10.1. The molecule has 0 spiro atoms. The van der Waals surface area contributed by atoms with Crippen molar-refractivity contribution >= 4 is 34.2 Å². The molecule has 194 valence electrons. The Bertz CT molecular complexity index is 1260. The van der Waals surface area contributed by atoms with Crippen LogP contribution in [0.5, 0.6) is 5.75 Å². The number of nitrogens with one attached hydrogen (secondary N) is 1. The quantitative estimate of drug-likeness (QED) is 0.484. The van der Waals surface area contributed by atoms with Crippen LogP contribution >= 0.6 is 0 Å². The van der Waals surface area contributed by atoms with Crippen LogP contribution in [-0.2, 0) is 16.1 Å². The van der Waals surface area contributed by atoms with Crippen molar-refractivity contribution in [2.75, 3.05) is 43.6 Å². The Morgan fingerprint density at radius 1 is 1.11 bits per heavy atom. The summed E-state index contributed by atoms with van der Waals surface area (Å²) in [6, 6.07) is 15.1. The molecular formula is C29H34N4O4. The second-order valence-corrected chi connectivity index (χ2v) is 9.80. The number of ether oxygens (including phenoxy) is 2. The van der Waals surface area contributed by atoms with E-state index in [4.69, 9.17) is 14.5 Å². The van der Waals surface area contributed by atoms with E-state index in [1.165, 1.54) is 6.92 Å². The monoisotopic (exact) mass is 502 g/mol. The zero-order chi connectivity index (χ0) is 25.8. The number of rotatable bonds is 8. The zero-order valence-electron chi connectivity index (χ0n) is 21.5. The second-order valence-electron chi connectivity index (χ2n) is 9.80. The average Bonchev–Trinajstić information content (AvgIpc) is 3.62. The molecule has 2 amide bonds. The number of carbonyl (C=O) groups is 2. The summed E-state index contributed by atoms with van der Waals surface area (Å²) >= 11 is 0. The van der Waals surface area contributed by atoms with Gasteiger partial charge in [-0.15, -0.1) is 0 Å². The third kappa shape index (κ3) is 5.85. The van der Waals surface area contributed by atoms with Gasteiger partial charge in [-0.05, 0) is 68.1 Å². The number of hydrogen-bond acceptors (Lipinski definition) is 6. The van der Waals surface area contributed by atoms with Gasteiger partial charge in [0.1, 0.15) is 11.6 Å². The molecular weight excluding hydrogens is 468 g/mol. The smallest absolute Gasteiger partial charge is 0.254 e. The van der Waals surface area contributed by atoms with E-state index in [0.29, 0.717) is 24.3 Å². The van der Waals surface area contributed by atoms with Gasteiger partial charge in [-0.2, -0.15) is 0 Å². The van der Waals surface area contributed by atoms with Gasteiger partial charge in [0.25, 0.3) is 5.91 Å². The summed E-state index contributed by atoms with van der Waals surface area (Å²) in [5.74, 6) is 1.50. The summed E-state index contributed by atoms with van der Waals surface area (Å²) in [5, 5.41) is 3.77. The predicted octanol–water partition coefficient (Wildman–Crippen LogP) is 4.62. The number of amides is 2. The first-order chi connectivity index (χ1) is 18.0. The minimum absolute atomic E-state index is 0.0236. The van der Waals surface area contributed by atoms with Crippen LogP contribution in [0, 0.1) is 0 Å². The molecule has 0 aliphatic carbocycles. The maximum atomic E-state index is 13.8. The van der Waals surface area contributed by atoms with Crippen LogP contribution < -0.4 is 15.0 Å². The summed E-state index contributed by atoms with van der Waals surface area (Å²) in [6.45, 7) is 5.07. The van der Waals surface area contributed by atoms with E-state index in [2.05, 4.69) is 16.3 Å². The third-order valence-corrected chi connectivity index (χ3v) is 7.04. The number of aromatic nitrogens is 1. The van der Waals surface area contributed by atoms with Crippen molar-refractivity contribution in [2.45, 2.75) is 45.3 Å². The molecule has 2 aliphatic heterocycles. The van der Waals surface area contributed by atoms with Crippen LogP contribution in [0.25, 0.3) is 10.9 Å². The lowest BCUT2D eigenvalue weighted by Crippen LogP contribution is -2.37. The van der Waals surface area contributed by atoms with Crippen molar-refractivity contribution in [3.05, 3.63) is 59.7 Å².